The third-order valence-corrected chi connectivity index (χ3v) is 3.94. The molecule has 0 atom stereocenters. The van der Waals surface area contributed by atoms with Gasteiger partial charge >= 0.3 is 0 Å². The largest absolute Gasteiger partial charge is 0.489 e. The van der Waals surface area contributed by atoms with Gasteiger partial charge in [-0.3, -0.25) is 9.59 Å². The van der Waals surface area contributed by atoms with Gasteiger partial charge in [0.05, 0.1) is 12.8 Å². The third-order valence-electron chi connectivity index (χ3n) is 3.44. The molecule has 0 aliphatic rings. The van der Waals surface area contributed by atoms with Gasteiger partial charge in [-0.1, -0.05) is 46.3 Å². The smallest absolute Gasteiger partial charge is 0.259 e. The van der Waals surface area contributed by atoms with Gasteiger partial charge in [0.2, 0.25) is 0 Å². The Morgan fingerprint density at radius 1 is 1.22 bits per heavy atom. The van der Waals surface area contributed by atoms with E-state index in [-0.39, 0.29) is 12.5 Å². The van der Waals surface area contributed by atoms with E-state index >= 15 is 0 Å². The first-order valence-electron chi connectivity index (χ1n) is 8.19. The molecule has 0 bridgehead atoms. The van der Waals surface area contributed by atoms with Crippen LogP contribution in [0, 0.1) is 6.92 Å². The SMILES string of the molecule is C=CCOc1ccc(Br)cc1/C=N\NC(=O)CNC(=O)c1ccc(C)cc1. The number of halogens is 1. The molecule has 2 aromatic rings. The highest BCUT2D eigenvalue weighted by Crippen LogP contribution is 2.21. The number of nitrogens with one attached hydrogen (secondary N) is 2. The second kappa shape index (κ2) is 10.3. The zero-order valence-corrected chi connectivity index (χ0v) is 16.5. The Bertz CT molecular complexity index is 848. The minimum atomic E-state index is -0.435. The van der Waals surface area contributed by atoms with Crippen molar-refractivity contribution in [2.75, 3.05) is 13.2 Å². The summed E-state index contributed by atoms with van der Waals surface area (Å²) < 4.78 is 6.39. The first-order chi connectivity index (χ1) is 13.0. The predicted octanol–water partition coefficient (Wildman–Crippen LogP) is 3.20. The van der Waals surface area contributed by atoms with Crippen molar-refractivity contribution < 1.29 is 14.3 Å². The molecule has 6 nitrogen and oxygen atoms in total. The van der Waals surface area contributed by atoms with Crippen molar-refractivity contribution >= 4 is 34.0 Å². The molecular formula is C20H20BrN3O3. The van der Waals surface area contributed by atoms with Crippen LogP contribution >= 0.6 is 15.9 Å². The van der Waals surface area contributed by atoms with Gasteiger partial charge in [0.15, 0.2) is 0 Å². The van der Waals surface area contributed by atoms with E-state index in [2.05, 4.69) is 38.4 Å². The highest BCUT2D eigenvalue weighted by molar-refractivity contribution is 9.10. The Morgan fingerprint density at radius 3 is 2.67 bits per heavy atom. The van der Waals surface area contributed by atoms with Gasteiger partial charge in [-0.2, -0.15) is 5.10 Å². The molecule has 0 saturated carbocycles. The number of carbonyl (C=O) groups excluding carboxylic acids is 2. The van der Waals surface area contributed by atoms with Crippen molar-refractivity contribution in [3.05, 3.63) is 76.3 Å². The highest BCUT2D eigenvalue weighted by atomic mass is 79.9. The van der Waals surface area contributed by atoms with Crippen LogP contribution < -0.4 is 15.5 Å². The van der Waals surface area contributed by atoms with Crippen molar-refractivity contribution in [1.82, 2.24) is 10.7 Å². The number of benzene rings is 2. The fourth-order valence-electron chi connectivity index (χ4n) is 2.08. The Kier molecular flexibility index (Phi) is 7.76. The molecular weight excluding hydrogens is 410 g/mol. The summed E-state index contributed by atoms with van der Waals surface area (Å²) in [5, 5.41) is 6.46. The summed E-state index contributed by atoms with van der Waals surface area (Å²) in [6.45, 7) is 5.73. The van der Waals surface area contributed by atoms with E-state index < -0.39 is 5.91 Å². The molecule has 0 saturated heterocycles. The molecule has 0 unspecified atom stereocenters. The number of hydrogen-bond donors (Lipinski definition) is 2. The minimum absolute atomic E-state index is 0.178. The fraction of sp³-hybridized carbons (Fsp3) is 0.150. The van der Waals surface area contributed by atoms with Crippen LogP contribution in [-0.4, -0.2) is 31.2 Å². The summed E-state index contributed by atoms with van der Waals surface area (Å²) in [5.41, 5.74) is 4.62. The number of aryl methyl sites for hydroxylation is 1. The quantitative estimate of drug-likeness (QED) is 0.384. The second-order valence-corrected chi connectivity index (χ2v) is 6.54. The standard InChI is InChI=1S/C20H20BrN3O3/c1-3-10-27-18-9-8-17(21)11-16(18)12-23-24-19(25)13-22-20(26)15-6-4-14(2)5-7-15/h3-9,11-12H,1,10,13H2,2H3,(H,22,26)(H,24,25)/b23-12-. The van der Waals surface area contributed by atoms with Gasteiger partial charge in [-0.25, -0.2) is 5.43 Å². The molecule has 0 heterocycles. The van der Waals surface area contributed by atoms with Crippen LogP contribution in [0.25, 0.3) is 0 Å². The van der Waals surface area contributed by atoms with Crippen LogP contribution in [0.2, 0.25) is 0 Å². The molecule has 27 heavy (non-hydrogen) atoms. The number of amides is 2. The van der Waals surface area contributed by atoms with E-state index in [4.69, 9.17) is 4.74 Å². The normalized spacial score (nSPS) is 10.4. The molecule has 2 aromatic carbocycles. The first kappa shape index (κ1) is 20.4. The first-order valence-corrected chi connectivity index (χ1v) is 8.99. The molecule has 0 radical (unpaired) electrons. The molecule has 0 aliphatic carbocycles. The second-order valence-electron chi connectivity index (χ2n) is 5.62. The lowest BCUT2D eigenvalue weighted by molar-refractivity contribution is -0.120. The van der Waals surface area contributed by atoms with E-state index in [9.17, 15) is 9.59 Å². The zero-order chi connectivity index (χ0) is 19.6. The topological polar surface area (TPSA) is 79.8 Å². The van der Waals surface area contributed by atoms with E-state index in [1.807, 2.05) is 31.2 Å². The molecule has 2 rings (SSSR count). The van der Waals surface area contributed by atoms with Gasteiger partial charge in [0.1, 0.15) is 12.4 Å². The number of hydrazone groups is 1. The fourth-order valence-corrected chi connectivity index (χ4v) is 2.46. The van der Waals surface area contributed by atoms with Crippen LogP contribution in [-0.2, 0) is 4.79 Å². The maximum atomic E-state index is 12.0. The number of rotatable bonds is 8. The van der Waals surface area contributed by atoms with Crippen molar-refractivity contribution in [1.29, 1.82) is 0 Å². The van der Waals surface area contributed by atoms with Gasteiger partial charge in [0.25, 0.3) is 11.8 Å². The highest BCUT2D eigenvalue weighted by Gasteiger charge is 2.07. The maximum absolute atomic E-state index is 12.0. The van der Waals surface area contributed by atoms with E-state index in [0.29, 0.717) is 23.5 Å². The van der Waals surface area contributed by atoms with Crippen molar-refractivity contribution in [3.8, 4) is 5.75 Å². The molecule has 2 N–H and O–H groups in total. The monoisotopic (exact) mass is 429 g/mol. The van der Waals surface area contributed by atoms with Crippen LogP contribution in [0.3, 0.4) is 0 Å². The van der Waals surface area contributed by atoms with Gasteiger partial charge in [-0.05, 0) is 37.3 Å². The van der Waals surface area contributed by atoms with Crippen LogP contribution in [0.4, 0.5) is 0 Å². The minimum Gasteiger partial charge on any atom is -0.489 e. The summed E-state index contributed by atoms with van der Waals surface area (Å²) >= 11 is 3.38. The van der Waals surface area contributed by atoms with Crippen LogP contribution in [0.15, 0.2) is 64.7 Å². The van der Waals surface area contributed by atoms with E-state index in [1.165, 1.54) is 6.21 Å². The van der Waals surface area contributed by atoms with Crippen molar-refractivity contribution in [2.45, 2.75) is 6.92 Å². The molecule has 0 aromatic heterocycles. The summed E-state index contributed by atoms with van der Waals surface area (Å²) in [7, 11) is 0. The van der Waals surface area contributed by atoms with Crippen molar-refractivity contribution in [2.24, 2.45) is 5.10 Å². The molecule has 0 spiro atoms. The number of hydrogen-bond acceptors (Lipinski definition) is 4. The van der Waals surface area contributed by atoms with Crippen LogP contribution in [0.1, 0.15) is 21.5 Å². The Hall–Kier alpha value is -2.93. The molecule has 2 amide bonds. The van der Waals surface area contributed by atoms with Gasteiger partial charge in [-0.15, -0.1) is 0 Å². The van der Waals surface area contributed by atoms with Gasteiger partial charge in [0, 0.05) is 15.6 Å². The third kappa shape index (κ3) is 6.71. The van der Waals surface area contributed by atoms with E-state index in [0.717, 1.165) is 10.0 Å². The zero-order valence-electron chi connectivity index (χ0n) is 14.9. The number of carbonyl (C=O) groups is 2. The lowest BCUT2D eigenvalue weighted by Crippen LogP contribution is -2.34. The maximum Gasteiger partial charge on any atom is 0.259 e. The Balaban J connectivity index is 1.87. The molecule has 0 fully saturated rings. The molecule has 0 aliphatic heterocycles. The lowest BCUT2D eigenvalue weighted by Gasteiger charge is -2.07. The Labute approximate surface area is 166 Å². The van der Waals surface area contributed by atoms with E-state index in [1.54, 1.807) is 24.3 Å². The van der Waals surface area contributed by atoms with Gasteiger partial charge < -0.3 is 10.1 Å². The summed E-state index contributed by atoms with van der Waals surface area (Å²) in [6, 6.07) is 12.5. The lowest BCUT2D eigenvalue weighted by atomic mass is 10.1. The summed E-state index contributed by atoms with van der Waals surface area (Å²) in [4.78, 5) is 23.8. The number of nitrogens with zero attached hydrogens (tertiary/aromatic N) is 1. The average molecular weight is 430 g/mol. The van der Waals surface area contributed by atoms with Crippen LogP contribution in [0.5, 0.6) is 5.75 Å². The van der Waals surface area contributed by atoms with Crippen molar-refractivity contribution in [3.63, 3.8) is 0 Å². The summed E-state index contributed by atoms with van der Waals surface area (Å²) in [6.07, 6.45) is 3.12. The Morgan fingerprint density at radius 2 is 1.96 bits per heavy atom. The summed E-state index contributed by atoms with van der Waals surface area (Å²) in [5.74, 6) is -0.139. The molecule has 7 heteroatoms. The average Bonchev–Trinajstić information content (AvgIpc) is 2.66. The predicted molar refractivity (Wildman–Crippen MR) is 109 cm³/mol. The molecule has 140 valence electrons. The number of ether oxygens (including phenoxy) is 1.